The van der Waals surface area contributed by atoms with Gasteiger partial charge in [0.25, 0.3) is 0 Å². The molecule has 66 valence electrons. The van der Waals surface area contributed by atoms with Crippen molar-refractivity contribution in [3.8, 4) is 0 Å². The molecule has 0 spiro atoms. The summed E-state index contributed by atoms with van der Waals surface area (Å²) in [5.41, 5.74) is 0. The molecule has 1 rings (SSSR count). The van der Waals surface area contributed by atoms with Crippen LogP contribution in [0.2, 0.25) is 0 Å². The molecule has 0 amide bonds. The average molecular weight is 175 g/mol. The SMILES string of the molecule is CCC1(CC)CNCC[S@]1=O. The maximum Gasteiger partial charge on any atom is 0.0578 e. The Labute approximate surface area is 71.2 Å². The first-order chi connectivity index (χ1) is 5.25. The molecular formula is C8H17NOS. The average Bonchev–Trinajstić information content (AvgIpc) is 2.06. The van der Waals surface area contributed by atoms with Crippen molar-refractivity contribution < 1.29 is 4.21 Å². The first kappa shape index (κ1) is 9.20. The van der Waals surface area contributed by atoms with Crippen LogP contribution in [0.3, 0.4) is 0 Å². The minimum atomic E-state index is -0.599. The maximum absolute atomic E-state index is 11.6. The Hall–Kier alpha value is 0.110. The molecule has 1 aliphatic rings. The van der Waals surface area contributed by atoms with Gasteiger partial charge in [-0.25, -0.2) is 0 Å². The predicted molar refractivity (Wildman–Crippen MR) is 49.2 cm³/mol. The van der Waals surface area contributed by atoms with Crippen LogP contribution in [0.5, 0.6) is 0 Å². The highest BCUT2D eigenvalue weighted by Crippen LogP contribution is 2.24. The molecule has 1 saturated heterocycles. The Bertz CT molecular complexity index is 154. The quantitative estimate of drug-likeness (QED) is 0.675. The molecule has 0 radical (unpaired) electrons. The van der Waals surface area contributed by atoms with Gasteiger partial charge in [0.05, 0.1) is 4.75 Å². The fourth-order valence-corrected chi connectivity index (χ4v) is 3.27. The van der Waals surface area contributed by atoms with Crippen molar-refractivity contribution in [2.75, 3.05) is 18.8 Å². The lowest BCUT2D eigenvalue weighted by Crippen LogP contribution is -2.50. The molecule has 1 aliphatic heterocycles. The predicted octanol–water partition coefficient (Wildman–Crippen LogP) is 0.897. The molecule has 0 aromatic rings. The third kappa shape index (κ3) is 1.64. The van der Waals surface area contributed by atoms with E-state index in [0.717, 1.165) is 31.7 Å². The van der Waals surface area contributed by atoms with Gasteiger partial charge in [-0.3, -0.25) is 4.21 Å². The number of hydrogen-bond donors (Lipinski definition) is 1. The highest BCUT2D eigenvalue weighted by atomic mass is 32.2. The topological polar surface area (TPSA) is 29.1 Å². The van der Waals surface area contributed by atoms with E-state index in [1.807, 2.05) is 0 Å². The van der Waals surface area contributed by atoms with Crippen molar-refractivity contribution in [2.24, 2.45) is 0 Å². The first-order valence-electron chi connectivity index (χ1n) is 4.34. The third-order valence-corrected chi connectivity index (χ3v) is 4.95. The number of hydrogen-bond acceptors (Lipinski definition) is 2. The van der Waals surface area contributed by atoms with Crippen LogP contribution in [0.15, 0.2) is 0 Å². The van der Waals surface area contributed by atoms with Gasteiger partial charge in [0.15, 0.2) is 0 Å². The summed E-state index contributed by atoms with van der Waals surface area (Å²) in [5, 5.41) is 3.31. The van der Waals surface area contributed by atoms with E-state index in [0.29, 0.717) is 0 Å². The Morgan fingerprint density at radius 3 is 2.45 bits per heavy atom. The molecule has 0 aromatic carbocycles. The molecule has 0 aliphatic carbocycles. The van der Waals surface area contributed by atoms with E-state index >= 15 is 0 Å². The molecule has 1 fully saturated rings. The van der Waals surface area contributed by atoms with Crippen molar-refractivity contribution in [1.29, 1.82) is 0 Å². The van der Waals surface area contributed by atoms with E-state index in [1.54, 1.807) is 0 Å². The van der Waals surface area contributed by atoms with Crippen LogP contribution in [0.1, 0.15) is 26.7 Å². The second kappa shape index (κ2) is 3.68. The van der Waals surface area contributed by atoms with Crippen molar-refractivity contribution in [2.45, 2.75) is 31.4 Å². The van der Waals surface area contributed by atoms with Crippen molar-refractivity contribution in [3.63, 3.8) is 0 Å². The third-order valence-electron chi connectivity index (χ3n) is 2.68. The normalized spacial score (nSPS) is 30.2. The van der Waals surface area contributed by atoms with Gasteiger partial charge in [0.1, 0.15) is 0 Å². The molecule has 0 aromatic heterocycles. The van der Waals surface area contributed by atoms with Crippen LogP contribution in [-0.2, 0) is 10.8 Å². The lowest BCUT2D eigenvalue weighted by Gasteiger charge is -2.34. The van der Waals surface area contributed by atoms with Crippen LogP contribution in [0.4, 0.5) is 0 Å². The molecular weight excluding hydrogens is 158 g/mol. The Balaban J connectivity index is 2.69. The van der Waals surface area contributed by atoms with Gasteiger partial charge in [-0.1, -0.05) is 13.8 Å². The second-order valence-electron chi connectivity index (χ2n) is 3.12. The monoisotopic (exact) mass is 175 g/mol. The minimum absolute atomic E-state index is 0.0816. The van der Waals surface area contributed by atoms with Crippen LogP contribution in [-0.4, -0.2) is 27.8 Å². The summed E-state index contributed by atoms with van der Waals surface area (Å²) in [6, 6.07) is 0. The summed E-state index contributed by atoms with van der Waals surface area (Å²) in [4.78, 5) is 0. The zero-order chi connectivity index (χ0) is 8.32. The second-order valence-corrected chi connectivity index (χ2v) is 5.08. The van der Waals surface area contributed by atoms with Crippen molar-refractivity contribution in [3.05, 3.63) is 0 Å². The van der Waals surface area contributed by atoms with Crippen molar-refractivity contribution >= 4 is 10.8 Å². The Morgan fingerprint density at radius 1 is 1.45 bits per heavy atom. The molecule has 0 bridgehead atoms. The number of rotatable bonds is 2. The zero-order valence-corrected chi connectivity index (χ0v) is 8.17. The van der Waals surface area contributed by atoms with E-state index in [4.69, 9.17) is 0 Å². The smallest absolute Gasteiger partial charge is 0.0578 e. The molecule has 1 atom stereocenters. The van der Waals surface area contributed by atoms with Gasteiger partial charge >= 0.3 is 0 Å². The summed E-state index contributed by atoms with van der Waals surface area (Å²) in [5.74, 6) is 0.835. The van der Waals surface area contributed by atoms with E-state index in [2.05, 4.69) is 19.2 Å². The Kier molecular flexibility index (Phi) is 3.07. The highest BCUT2D eigenvalue weighted by Gasteiger charge is 2.34. The van der Waals surface area contributed by atoms with Gasteiger partial charge in [0, 0.05) is 29.6 Å². The van der Waals surface area contributed by atoms with Crippen molar-refractivity contribution in [1.82, 2.24) is 5.32 Å². The Morgan fingerprint density at radius 2 is 2.09 bits per heavy atom. The molecule has 0 unspecified atom stereocenters. The fraction of sp³-hybridized carbons (Fsp3) is 1.00. The summed E-state index contributed by atoms with van der Waals surface area (Å²) < 4.78 is 11.7. The summed E-state index contributed by atoms with van der Waals surface area (Å²) in [6.07, 6.45) is 2.06. The van der Waals surface area contributed by atoms with E-state index in [-0.39, 0.29) is 4.75 Å². The van der Waals surface area contributed by atoms with Crippen LogP contribution in [0.25, 0.3) is 0 Å². The summed E-state index contributed by atoms with van der Waals surface area (Å²) in [6.45, 7) is 6.13. The molecule has 1 heterocycles. The first-order valence-corrected chi connectivity index (χ1v) is 5.66. The molecule has 3 heteroatoms. The van der Waals surface area contributed by atoms with E-state index < -0.39 is 10.8 Å². The highest BCUT2D eigenvalue weighted by molar-refractivity contribution is 7.86. The number of nitrogens with one attached hydrogen (secondary N) is 1. The van der Waals surface area contributed by atoms with Crippen LogP contribution < -0.4 is 5.32 Å². The van der Waals surface area contributed by atoms with Gasteiger partial charge in [-0.2, -0.15) is 0 Å². The van der Waals surface area contributed by atoms with E-state index in [1.165, 1.54) is 0 Å². The molecule has 0 saturated carbocycles. The summed E-state index contributed by atoms with van der Waals surface area (Å²) >= 11 is 0. The largest absolute Gasteiger partial charge is 0.314 e. The zero-order valence-electron chi connectivity index (χ0n) is 7.35. The summed E-state index contributed by atoms with van der Waals surface area (Å²) in [7, 11) is -0.599. The lowest BCUT2D eigenvalue weighted by molar-refractivity contribution is 0.465. The maximum atomic E-state index is 11.6. The fourth-order valence-electron chi connectivity index (χ4n) is 1.60. The van der Waals surface area contributed by atoms with Crippen LogP contribution in [0, 0.1) is 0 Å². The minimum Gasteiger partial charge on any atom is -0.314 e. The van der Waals surface area contributed by atoms with Gasteiger partial charge in [0.2, 0.25) is 0 Å². The van der Waals surface area contributed by atoms with Crippen LogP contribution >= 0.6 is 0 Å². The van der Waals surface area contributed by atoms with Gasteiger partial charge in [-0.15, -0.1) is 0 Å². The lowest BCUT2D eigenvalue weighted by atomic mass is 10.0. The molecule has 11 heavy (non-hydrogen) atoms. The van der Waals surface area contributed by atoms with Gasteiger partial charge < -0.3 is 5.32 Å². The standard InChI is InChI=1S/C8H17NOS/c1-3-8(4-2)7-9-5-6-11(8)10/h9H,3-7H2,1-2H3/t11-/m1/s1. The van der Waals surface area contributed by atoms with E-state index in [9.17, 15) is 4.21 Å². The molecule has 2 nitrogen and oxygen atoms in total. The molecule has 1 N–H and O–H groups in total. The van der Waals surface area contributed by atoms with Gasteiger partial charge in [-0.05, 0) is 12.8 Å².